The number of anilines is 2. The van der Waals surface area contributed by atoms with Gasteiger partial charge >= 0.3 is 5.97 Å². The van der Waals surface area contributed by atoms with E-state index in [0.717, 1.165) is 54.0 Å². The minimum absolute atomic E-state index is 0.0409. The monoisotopic (exact) mass is 433 g/mol. The molecule has 166 valence electrons. The molecule has 8 nitrogen and oxygen atoms in total. The number of benzene rings is 1. The number of carbonyl (C=O) groups excluding carboxylic acids is 1. The number of carboxylic acid groups (broad SMARTS) is 1. The van der Waals surface area contributed by atoms with Crippen LogP contribution in [0.1, 0.15) is 36.4 Å². The largest absolute Gasteiger partial charge is 0.481 e. The zero-order chi connectivity index (χ0) is 22.3. The third-order valence-corrected chi connectivity index (χ3v) is 5.59. The van der Waals surface area contributed by atoms with Gasteiger partial charge in [0.1, 0.15) is 11.7 Å². The number of aromatic nitrogens is 2. The lowest BCUT2D eigenvalue weighted by Crippen LogP contribution is -2.31. The van der Waals surface area contributed by atoms with Crippen LogP contribution in [0.4, 0.5) is 11.5 Å². The van der Waals surface area contributed by atoms with Crippen molar-refractivity contribution >= 4 is 34.3 Å². The molecule has 1 aliphatic heterocycles. The summed E-state index contributed by atoms with van der Waals surface area (Å²) in [5.41, 5.74) is 3.41. The number of pyridine rings is 2. The van der Waals surface area contributed by atoms with Gasteiger partial charge in [0.15, 0.2) is 0 Å². The Kier molecular flexibility index (Phi) is 6.79. The third kappa shape index (κ3) is 5.32. The number of carboxylic acids is 1. The number of nitrogens with zero attached hydrogens (tertiary/aromatic N) is 2. The van der Waals surface area contributed by atoms with Gasteiger partial charge in [-0.3, -0.25) is 14.6 Å². The van der Waals surface area contributed by atoms with Crippen LogP contribution in [0.5, 0.6) is 0 Å². The number of aryl methyl sites for hydroxylation is 1. The highest BCUT2D eigenvalue weighted by molar-refractivity contribution is 5.83. The predicted molar refractivity (Wildman–Crippen MR) is 124 cm³/mol. The van der Waals surface area contributed by atoms with Crippen molar-refractivity contribution in [1.29, 1.82) is 0 Å². The van der Waals surface area contributed by atoms with Gasteiger partial charge in [-0.15, -0.1) is 0 Å². The molecule has 1 aromatic carbocycles. The fourth-order valence-corrected chi connectivity index (χ4v) is 3.82. The van der Waals surface area contributed by atoms with Crippen molar-refractivity contribution in [2.24, 2.45) is 0 Å². The van der Waals surface area contributed by atoms with Crippen LogP contribution in [0.3, 0.4) is 0 Å². The van der Waals surface area contributed by atoms with Gasteiger partial charge in [0.2, 0.25) is 5.91 Å². The van der Waals surface area contributed by atoms with E-state index in [1.165, 1.54) is 0 Å². The summed E-state index contributed by atoms with van der Waals surface area (Å²) >= 11 is 0. The number of nitrogens with one attached hydrogen (secondary N) is 3. The molecule has 0 unspecified atom stereocenters. The molecule has 1 aliphatic rings. The number of aliphatic carboxylic acids is 1. The van der Waals surface area contributed by atoms with E-state index in [9.17, 15) is 14.7 Å². The van der Waals surface area contributed by atoms with E-state index in [1.54, 1.807) is 6.20 Å². The van der Waals surface area contributed by atoms with E-state index in [-0.39, 0.29) is 12.5 Å². The Morgan fingerprint density at radius 1 is 1.09 bits per heavy atom. The lowest BCUT2D eigenvalue weighted by atomic mass is 9.99. The Balaban J connectivity index is 1.24. The van der Waals surface area contributed by atoms with E-state index < -0.39 is 11.9 Å². The second-order valence-electron chi connectivity index (χ2n) is 7.92. The van der Waals surface area contributed by atoms with Crippen molar-refractivity contribution in [3.63, 3.8) is 0 Å². The number of fused-ring (bicyclic) bond motifs is 2. The van der Waals surface area contributed by atoms with Gasteiger partial charge < -0.3 is 21.1 Å². The SMILES string of the molecule is O=C(CCCCc1ccc2c(n1)NCCN2)NC[C@H](C(=O)O)c1cnc2ccccc2c1. The van der Waals surface area contributed by atoms with Crippen LogP contribution < -0.4 is 16.0 Å². The summed E-state index contributed by atoms with van der Waals surface area (Å²) in [4.78, 5) is 33.0. The van der Waals surface area contributed by atoms with Gasteiger partial charge in [-0.2, -0.15) is 0 Å². The number of hydrogen-bond donors (Lipinski definition) is 4. The van der Waals surface area contributed by atoms with E-state index in [2.05, 4.69) is 25.9 Å². The summed E-state index contributed by atoms with van der Waals surface area (Å²) in [7, 11) is 0. The lowest BCUT2D eigenvalue weighted by Gasteiger charge is -2.19. The van der Waals surface area contributed by atoms with Crippen LogP contribution in [0, 0.1) is 0 Å². The molecule has 1 atom stereocenters. The second-order valence-corrected chi connectivity index (χ2v) is 7.92. The second kappa shape index (κ2) is 10.1. The summed E-state index contributed by atoms with van der Waals surface area (Å²) in [6.07, 6.45) is 4.27. The highest BCUT2D eigenvalue weighted by atomic mass is 16.4. The van der Waals surface area contributed by atoms with Crippen molar-refractivity contribution in [3.8, 4) is 0 Å². The molecule has 1 amide bonds. The van der Waals surface area contributed by atoms with E-state index in [4.69, 9.17) is 0 Å². The van der Waals surface area contributed by atoms with Crippen molar-refractivity contribution in [2.75, 3.05) is 30.3 Å². The molecule has 0 aliphatic carbocycles. The van der Waals surface area contributed by atoms with Gasteiger partial charge in [0.25, 0.3) is 0 Å². The van der Waals surface area contributed by atoms with E-state index in [0.29, 0.717) is 18.4 Å². The number of carbonyl (C=O) groups is 2. The van der Waals surface area contributed by atoms with E-state index in [1.807, 2.05) is 42.5 Å². The zero-order valence-corrected chi connectivity index (χ0v) is 17.8. The topological polar surface area (TPSA) is 116 Å². The van der Waals surface area contributed by atoms with Gasteiger partial charge in [-0.1, -0.05) is 18.2 Å². The maximum atomic E-state index is 12.3. The van der Waals surface area contributed by atoms with Crippen LogP contribution in [0.2, 0.25) is 0 Å². The molecule has 8 heteroatoms. The van der Waals surface area contributed by atoms with Crippen molar-refractivity contribution in [1.82, 2.24) is 15.3 Å². The Hall–Kier alpha value is -3.68. The van der Waals surface area contributed by atoms with Crippen LogP contribution >= 0.6 is 0 Å². The highest BCUT2D eigenvalue weighted by Gasteiger charge is 2.21. The molecule has 4 N–H and O–H groups in total. The number of unbranched alkanes of at least 4 members (excludes halogenated alkanes) is 1. The lowest BCUT2D eigenvalue weighted by molar-refractivity contribution is -0.138. The summed E-state index contributed by atoms with van der Waals surface area (Å²) in [5, 5.41) is 19.9. The summed E-state index contributed by atoms with van der Waals surface area (Å²) < 4.78 is 0. The Bertz CT molecular complexity index is 1120. The summed E-state index contributed by atoms with van der Waals surface area (Å²) in [6.45, 7) is 1.79. The first-order valence-electron chi connectivity index (χ1n) is 10.9. The maximum absolute atomic E-state index is 12.3. The molecule has 2 aromatic heterocycles. The predicted octanol–water partition coefficient (Wildman–Crippen LogP) is 3.16. The molecule has 4 rings (SSSR count). The first-order chi connectivity index (χ1) is 15.6. The Morgan fingerprint density at radius 3 is 2.81 bits per heavy atom. The fourth-order valence-electron chi connectivity index (χ4n) is 3.82. The molecule has 32 heavy (non-hydrogen) atoms. The van der Waals surface area contributed by atoms with Crippen molar-refractivity contribution in [2.45, 2.75) is 31.6 Å². The molecule has 0 saturated heterocycles. The number of rotatable bonds is 9. The average molecular weight is 434 g/mol. The molecule has 0 saturated carbocycles. The van der Waals surface area contributed by atoms with Crippen LogP contribution in [0.15, 0.2) is 48.7 Å². The van der Waals surface area contributed by atoms with Gasteiger partial charge in [0, 0.05) is 43.3 Å². The van der Waals surface area contributed by atoms with Gasteiger partial charge in [-0.25, -0.2) is 4.98 Å². The first-order valence-corrected chi connectivity index (χ1v) is 10.9. The number of amides is 1. The molecule has 0 bridgehead atoms. The highest BCUT2D eigenvalue weighted by Crippen LogP contribution is 2.23. The third-order valence-electron chi connectivity index (χ3n) is 5.59. The fraction of sp³-hybridized carbons (Fsp3) is 0.333. The van der Waals surface area contributed by atoms with Crippen LogP contribution in [-0.4, -0.2) is 46.6 Å². The molecule has 0 fully saturated rings. The molecular weight excluding hydrogens is 406 g/mol. The molecule has 3 aromatic rings. The van der Waals surface area contributed by atoms with Crippen molar-refractivity contribution in [3.05, 3.63) is 59.9 Å². The standard InChI is InChI=1S/C24H27N5O3/c30-22(8-4-2-6-18-9-10-21-23(29-18)26-12-11-25-21)28-15-19(24(31)32)17-13-16-5-1-3-7-20(16)27-14-17/h1,3,5,7,9-10,13-14,19,25H,2,4,6,8,11-12,15H2,(H,26,29)(H,28,30)(H,31,32)/t19-/m0/s1. The van der Waals surface area contributed by atoms with E-state index >= 15 is 0 Å². The normalized spacial score (nSPS) is 13.5. The number of hydrogen-bond acceptors (Lipinski definition) is 6. The zero-order valence-electron chi connectivity index (χ0n) is 17.8. The quantitative estimate of drug-likeness (QED) is 0.383. The Morgan fingerprint density at radius 2 is 1.94 bits per heavy atom. The molecule has 0 spiro atoms. The van der Waals surface area contributed by atoms with Crippen LogP contribution in [-0.2, 0) is 16.0 Å². The van der Waals surface area contributed by atoms with Gasteiger partial charge in [-0.05, 0) is 49.1 Å². The molecule has 3 heterocycles. The minimum Gasteiger partial charge on any atom is -0.481 e. The summed E-state index contributed by atoms with van der Waals surface area (Å²) in [6, 6.07) is 13.4. The smallest absolute Gasteiger partial charge is 0.312 e. The van der Waals surface area contributed by atoms with Gasteiger partial charge in [0.05, 0.1) is 11.2 Å². The Labute approximate surface area is 186 Å². The minimum atomic E-state index is -0.982. The maximum Gasteiger partial charge on any atom is 0.312 e. The average Bonchev–Trinajstić information content (AvgIpc) is 2.81. The van der Waals surface area contributed by atoms with Crippen LogP contribution in [0.25, 0.3) is 10.9 Å². The number of para-hydroxylation sites is 1. The first kappa shape index (κ1) is 21.5. The van der Waals surface area contributed by atoms with Crippen molar-refractivity contribution < 1.29 is 14.7 Å². The summed E-state index contributed by atoms with van der Waals surface area (Å²) in [5.74, 6) is -1.08. The molecule has 0 radical (unpaired) electrons. The molecular formula is C24H27N5O3.